The molecule has 0 heterocycles. The quantitative estimate of drug-likeness (QED) is 0.363. The second-order valence-corrected chi connectivity index (χ2v) is 7.62. The minimum Gasteiger partial charge on any atom is -0.450 e. The molecular formula is C24H26F6N2O5. The number of carbonyl (C=O) groups excluding carboxylic acids is 2. The van der Waals surface area contributed by atoms with Crippen LogP contribution in [0.4, 0.5) is 35.9 Å². The second kappa shape index (κ2) is 13.2. The number of rotatable bonds is 10. The minimum atomic E-state index is -4.64. The van der Waals surface area contributed by atoms with Crippen LogP contribution in [-0.4, -0.2) is 38.6 Å². The number of benzene rings is 2. The first-order chi connectivity index (χ1) is 17.3. The number of alkyl carbamates (subject to hydrolysis) is 2. The fourth-order valence-corrected chi connectivity index (χ4v) is 3.24. The molecule has 2 rings (SSSR count). The van der Waals surface area contributed by atoms with Crippen LogP contribution in [0.15, 0.2) is 48.5 Å². The SMILES string of the molecule is CCOC(=O)NC(COCC(NC(=O)OCC)c1cccc(C(F)(F)F)c1)c1cccc(C(F)(F)F)c1. The summed E-state index contributed by atoms with van der Waals surface area (Å²) in [6, 6.07) is 6.18. The van der Waals surface area contributed by atoms with Crippen molar-refractivity contribution in [2.24, 2.45) is 0 Å². The molecule has 37 heavy (non-hydrogen) atoms. The van der Waals surface area contributed by atoms with E-state index in [4.69, 9.17) is 14.2 Å². The van der Waals surface area contributed by atoms with Crippen LogP contribution >= 0.6 is 0 Å². The lowest BCUT2D eigenvalue weighted by Crippen LogP contribution is -2.35. The number of carbonyl (C=O) groups is 2. The topological polar surface area (TPSA) is 85.9 Å². The van der Waals surface area contributed by atoms with Crippen molar-refractivity contribution in [1.82, 2.24) is 10.6 Å². The van der Waals surface area contributed by atoms with E-state index in [0.29, 0.717) is 0 Å². The summed E-state index contributed by atoms with van der Waals surface area (Å²) in [7, 11) is 0. The largest absolute Gasteiger partial charge is 0.450 e. The van der Waals surface area contributed by atoms with Gasteiger partial charge in [-0.3, -0.25) is 0 Å². The van der Waals surface area contributed by atoms with E-state index < -0.39 is 47.7 Å². The lowest BCUT2D eigenvalue weighted by atomic mass is 10.0. The Morgan fingerprint density at radius 2 is 1.11 bits per heavy atom. The number of alkyl halides is 6. The van der Waals surface area contributed by atoms with Gasteiger partial charge in [0.2, 0.25) is 0 Å². The molecule has 2 unspecified atom stereocenters. The minimum absolute atomic E-state index is 0.00306. The van der Waals surface area contributed by atoms with Gasteiger partial charge in [-0.15, -0.1) is 0 Å². The first-order valence-electron chi connectivity index (χ1n) is 11.1. The van der Waals surface area contributed by atoms with Crippen LogP contribution < -0.4 is 10.6 Å². The van der Waals surface area contributed by atoms with Gasteiger partial charge < -0.3 is 24.8 Å². The Hall–Kier alpha value is -3.48. The molecule has 0 saturated heterocycles. The van der Waals surface area contributed by atoms with E-state index in [1.165, 1.54) is 26.0 Å². The third-order valence-corrected chi connectivity index (χ3v) is 4.94. The van der Waals surface area contributed by atoms with Crippen LogP contribution in [-0.2, 0) is 26.6 Å². The molecule has 2 N–H and O–H groups in total. The standard InChI is InChI=1S/C24H26F6N2O5/c1-3-36-21(33)31-19(15-7-5-9-17(11-15)23(25,26)27)13-35-14-20(32-22(34)37-4-2)16-8-6-10-18(12-16)24(28,29)30/h5-12,19-20H,3-4,13-14H2,1-2H3,(H,31,33)(H,32,34). The molecule has 2 aromatic carbocycles. The Labute approximate surface area is 209 Å². The summed E-state index contributed by atoms with van der Waals surface area (Å²) < 4.78 is 94.3. The molecule has 0 aromatic heterocycles. The average molecular weight is 536 g/mol. The summed E-state index contributed by atoms with van der Waals surface area (Å²) >= 11 is 0. The molecule has 13 heteroatoms. The van der Waals surface area contributed by atoms with Gasteiger partial charge in [0, 0.05) is 0 Å². The molecule has 0 aliphatic heterocycles. The van der Waals surface area contributed by atoms with Gasteiger partial charge in [-0.2, -0.15) is 26.3 Å². The van der Waals surface area contributed by atoms with E-state index in [2.05, 4.69) is 10.6 Å². The highest BCUT2D eigenvalue weighted by molar-refractivity contribution is 5.68. The Morgan fingerprint density at radius 3 is 1.43 bits per heavy atom. The molecule has 0 radical (unpaired) electrons. The van der Waals surface area contributed by atoms with Crippen molar-refractivity contribution in [2.75, 3.05) is 26.4 Å². The molecule has 0 fully saturated rings. The highest BCUT2D eigenvalue weighted by atomic mass is 19.4. The van der Waals surface area contributed by atoms with Gasteiger partial charge in [-0.25, -0.2) is 9.59 Å². The lowest BCUT2D eigenvalue weighted by Gasteiger charge is -2.23. The summed E-state index contributed by atoms with van der Waals surface area (Å²) in [6.45, 7) is 2.30. The zero-order valence-corrected chi connectivity index (χ0v) is 19.9. The number of halogens is 6. The Kier molecular flexibility index (Phi) is 10.6. The molecular weight excluding hydrogens is 510 g/mol. The maximum atomic E-state index is 13.2. The van der Waals surface area contributed by atoms with Gasteiger partial charge in [0.05, 0.1) is 49.6 Å². The average Bonchev–Trinajstić information content (AvgIpc) is 2.82. The zero-order valence-electron chi connectivity index (χ0n) is 19.9. The molecule has 0 spiro atoms. The predicted molar refractivity (Wildman–Crippen MR) is 120 cm³/mol. The summed E-state index contributed by atoms with van der Waals surface area (Å²) in [5, 5.41) is 4.80. The Morgan fingerprint density at radius 1 is 0.730 bits per heavy atom. The fraction of sp³-hybridized carbons (Fsp3) is 0.417. The van der Waals surface area contributed by atoms with Gasteiger partial charge in [-0.1, -0.05) is 24.3 Å². The number of ether oxygens (including phenoxy) is 3. The molecule has 204 valence electrons. The van der Waals surface area contributed by atoms with E-state index in [9.17, 15) is 35.9 Å². The van der Waals surface area contributed by atoms with Crippen molar-refractivity contribution in [2.45, 2.75) is 38.3 Å². The normalized spacial score (nSPS) is 13.4. The third-order valence-electron chi connectivity index (χ3n) is 4.94. The number of hydrogen-bond donors (Lipinski definition) is 2. The van der Waals surface area contributed by atoms with Gasteiger partial charge >= 0.3 is 24.5 Å². The molecule has 2 amide bonds. The highest BCUT2D eigenvalue weighted by Crippen LogP contribution is 2.32. The molecule has 2 aromatic rings. The van der Waals surface area contributed by atoms with Crippen LogP contribution in [0.2, 0.25) is 0 Å². The lowest BCUT2D eigenvalue weighted by molar-refractivity contribution is -0.138. The van der Waals surface area contributed by atoms with E-state index >= 15 is 0 Å². The number of nitrogens with one attached hydrogen (secondary N) is 2. The Bertz CT molecular complexity index is 963. The molecule has 7 nitrogen and oxygen atoms in total. The van der Waals surface area contributed by atoms with Gasteiger partial charge in [0.1, 0.15) is 0 Å². The molecule has 0 aliphatic carbocycles. The van der Waals surface area contributed by atoms with Crippen molar-refractivity contribution >= 4 is 12.2 Å². The zero-order chi connectivity index (χ0) is 27.6. The van der Waals surface area contributed by atoms with Crippen LogP contribution in [0.5, 0.6) is 0 Å². The maximum Gasteiger partial charge on any atom is 0.416 e. The summed E-state index contributed by atoms with van der Waals surface area (Å²) in [4.78, 5) is 24.0. The first kappa shape index (κ1) is 29.7. The van der Waals surface area contributed by atoms with E-state index in [1.54, 1.807) is 0 Å². The van der Waals surface area contributed by atoms with Crippen molar-refractivity contribution in [3.8, 4) is 0 Å². The summed E-state index contributed by atoms with van der Waals surface area (Å²) in [5.74, 6) is 0. The summed E-state index contributed by atoms with van der Waals surface area (Å²) in [6.07, 6.45) is -11.1. The van der Waals surface area contributed by atoms with Crippen molar-refractivity contribution < 1.29 is 50.1 Å². The van der Waals surface area contributed by atoms with E-state index in [-0.39, 0.29) is 37.6 Å². The van der Waals surface area contributed by atoms with Crippen LogP contribution in [0.1, 0.15) is 48.2 Å². The maximum absolute atomic E-state index is 13.2. The highest BCUT2D eigenvalue weighted by Gasteiger charge is 2.32. The fourth-order valence-electron chi connectivity index (χ4n) is 3.24. The van der Waals surface area contributed by atoms with Gasteiger partial charge in [0.15, 0.2) is 0 Å². The van der Waals surface area contributed by atoms with Crippen molar-refractivity contribution in [3.63, 3.8) is 0 Å². The van der Waals surface area contributed by atoms with Crippen LogP contribution in [0, 0.1) is 0 Å². The van der Waals surface area contributed by atoms with Crippen LogP contribution in [0.25, 0.3) is 0 Å². The number of hydrogen-bond acceptors (Lipinski definition) is 5. The smallest absolute Gasteiger partial charge is 0.416 e. The molecule has 2 atom stereocenters. The first-order valence-corrected chi connectivity index (χ1v) is 11.1. The number of amides is 2. The van der Waals surface area contributed by atoms with Gasteiger partial charge in [0.25, 0.3) is 0 Å². The van der Waals surface area contributed by atoms with Gasteiger partial charge in [-0.05, 0) is 49.2 Å². The third kappa shape index (κ3) is 9.48. The van der Waals surface area contributed by atoms with Crippen molar-refractivity contribution in [1.29, 1.82) is 0 Å². The second-order valence-electron chi connectivity index (χ2n) is 7.62. The monoisotopic (exact) mass is 536 g/mol. The Balaban J connectivity index is 2.26. The van der Waals surface area contributed by atoms with E-state index in [0.717, 1.165) is 36.4 Å². The molecule has 0 saturated carbocycles. The summed E-state index contributed by atoms with van der Waals surface area (Å²) in [5.41, 5.74) is -1.80. The molecule has 0 bridgehead atoms. The van der Waals surface area contributed by atoms with E-state index in [1.807, 2.05) is 0 Å². The predicted octanol–water partition coefficient (Wildman–Crippen LogP) is 6.02. The van der Waals surface area contributed by atoms with Crippen LogP contribution in [0.3, 0.4) is 0 Å². The van der Waals surface area contributed by atoms with Crippen molar-refractivity contribution in [3.05, 3.63) is 70.8 Å². The molecule has 0 aliphatic rings.